The van der Waals surface area contributed by atoms with Gasteiger partial charge in [-0.1, -0.05) is 0 Å². The van der Waals surface area contributed by atoms with Gasteiger partial charge in [0.1, 0.15) is 23.3 Å². The molecular weight excluding hydrogens is 420 g/mol. The fraction of sp³-hybridized carbons (Fsp3) is 0.474. The normalized spacial score (nSPS) is 26.6. The second-order valence-electron chi connectivity index (χ2n) is 7.35. The molecule has 0 radical (unpaired) electrons. The van der Waals surface area contributed by atoms with Crippen LogP contribution in [0.5, 0.6) is 0 Å². The second-order valence-corrected chi connectivity index (χ2v) is 7.35. The summed E-state index contributed by atoms with van der Waals surface area (Å²) in [5.41, 5.74) is 1.01. The average Bonchev–Trinajstić information content (AvgIpc) is 3.16. The van der Waals surface area contributed by atoms with Crippen molar-refractivity contribution in [2.24, 2.45) is 0 Å². The summed E-state index contributed by atoms with van der Waals surface area (Å²) in [5, 5.41) is 14.5. The number of carbonyl (C=O) groups excluding carboxylic acids is 1. The first kappa shape index (κ1) is 21.2. The number of aromatic nitrogens is 2. The van der Waals surface area contributed by atoms with Crippen LogP contribution < -0.4 is 15.5 Å². The summed E-state index contributed by atoms with van der Waals surface area (Å²) < 4.78 is 59.5. The first-order valence-corrected chi connectivity index (χ1v) is 9.54. The van der Waals surface area contributed by atoms with Crippen LogP contribution in [0.15, 0.2) is 24.5 Å². The fourth-order valence-electron chi connectivity index (χ4n) is 3.73. The van der Waals surface area contributed by atoms with Crippen LogP contribution in [-0.4, -0.2) is 72.7 Å². The first-order chi connectivity index (χ1) is 14.8. The van der Waals surface area contributed by atoms with E-state index in [1.807, 2.05) is 6.07 Å². The Kier molecular flexibility index (Phi) is 5.63. The molecule has 1 aromatic heterocycles. The molecular formula is C19H18F4N6O2. The Morgan fingerprint density at radius 3 is 2.61 bits per heavy atom. The van der Waals surface area contributed by atoms with Crippen molar-refractivity contribution in [3.8, 4) is 6.07 Å². The smallest absolute Gasteiger partial charge is 0.364 e. The monoisotopic (exact) mass is 438 g/mol. The number of hydrogen-bond donors (Lipinski definition) is 2. The van der Waals surface area contributed by atoms with Gasteiger partial charge in [-0.05, 0) is 12.1 Å². The Labute approximate surface area is 174 Å². The van der Waals surface area contributed by atoms with Gasteiger partial charge >= 0.3 is 6.18 Å². The molecule has 0 saturated carbocycles. The van der Waals surface area contributed by atoms with Crippen molar-refractivity contribution in [3.05, 3.63) is 30.1 Å². The first-order valence-electron chi connectivity index (χ1n) is 9.54. The molecule has 12 heteroatoms. The van der Waals surface area contributed by atoms with E-state index in [-0.39, 0.29) is 36.2 Å². The Balaban J connectivity index is 1.65. The van der Waals surface area contributed by atoms with Gasteiger partial charge in [0.2, 0.25) is 0 Å². The molecule has 164 valence electrons. The highest BCUT2D eigenvalue weighted by molar-refractivity contribution is 5.92. The molecule has 4 atom stereocenters. The van der Waals surface area contributed by atoms with E-state index >= 15 is 0 Å². The number of anilines is 1. The van der Waals surface area contributed by atoms with Crippen LogP contribution in [0, 0.1) is 11.3 Å². The number of hydrogen-bond acceptors (Lipinski definition) is 7. The van der Waals surface area contributed by atoms with Crippen molar-refractivity contribution in [1.82, 2.24) is 20.6 Å². The van der Waals surface area contributed by atoms with Gasteiger partial charge in [-0.2, -0.15) is 18.4 Å². The quantitative estimate of drug-likeness (QED) is 0.691. The van der Waals surface area contributed by atoms with Crippen LogP contribution >= 0.6 is 0 Å². The molecule has 31 heavy (non-hydrogen) atoms. The lowest BCUT2D eigenvalue weighted by Crippen LogP contribution is -2.59. The van der Waals surface area contributed by atoms with Crippen LogP contribution in [0.2, 0.25) is 0 Å². The molecule has 4 rings (SSSR count). The number of nitrogens with one attached hydrogen (secondary N) is 2. The van der Waals surface area contributed by atoms with Gasteiger partial charge in [0.15, 0.2) is 12.2 Å². The van der Waals surface area contributed by atoms with E-state index in [2.05, 4.69) is 20.6 Å². The van der Waals surface area contributed by atoms with Crippen molar-refractivity contribution >= 4 is 22.6 Å². The number of alkyl halides is 4. The van der Waals surface area contributed by atoms with Crippen LogP contribution in [0.1, 0.15) is 5.56 Å². The van der Waals surface area contributed by atoms with E-state index in [0.717, 1.165) is 0 Å². The van der Waals surface area contributed by atoms with E-state index in [4.69, 9.17) is 4.74 Å². The minimum Gasteiger partial charge on any atom is -0.364 e. The molecule has 2 aromatic rings. The zero-order valence-electron chi connectivity index (χ0n) is 16.1. The summed E-state index contributed by atoms with van der Waals surface area (Å²) >= 11 is 0. The fourth-order valence-corrected chi connectivity index (χ4v) is 3.73. The van der Waals surface area contributed by atoms with Crippen LogP contribution in [0.3, 0.4) is 0 Å². The number of morpholine rings is 1. The van der Waals surface area contributed by atoms with E-state index in [1.165, 1.54) is 29.4 Å². The predicted octanol–water partition coefficient (Wildman–Crippen LogP) is 1.06. The van der Waals surface area contributed by atoms with Crippen molar-refractivity contribution in [2.45, 2.75) is 30.6 Å². The molecule has 4 unspecified atom stereocenters. The lowest BCUT2D eigenvalue weighted by molar-refractivity contribution is -0.234. The highest BCUT2D eigenvalue weighted by Crippen LogP contribution is 2.33. The number of fused-ring (bicyclic) bond motifs is 1. The number of benzene rings is 1. The molecule has 2 aliphatic heterocycles. The highest BCUT2D eigenvalue weighted by atomic mass is 19.4. The number of carbonyl (C=O) groups is 1. The third-order valence-electron chi connectivity index (χ3n) is 5.29. The van der Waals surface area contributed by atoms with Crippen LogP contribution in [0.25, 0.3) is 11.0 Å². The number of nitriles is 1. The molecule has 2 fully saturated rings. The summed E-state index contributed by atoms with van der Waals surface area (Å²) in [6, 6.07) is 4.05. The van der Waals surface area contributed by atoms with E-state index in [0.29, 0.717) is 5.69 Å². The molecule has 1 aromatic carbocycles. The van der Waals surface area contributed by atoms with Crippen molar-refractivity contribution in [2.75, 3.05) is 31.1 Å². The minimum atomic E-state index is -4.72. The minimum absolute atomic E-state index is 0.0592. The Hall–Kier alpha value is -3.04. The van der Waals surface area contributed by atoms with Gasteiger partial charge in [0, 0.05) is 25.5 Å². The highest BCUT2D eigenvalue weighted by Gasteiger charge is 2.48. The maximum atomic E-state index is 13.8. The summed E-state index contributed by atoms with van der Waals surface area (Å²) in [6.07, 6.45) is -7.02. The number of amides is 1. The lowest BCUT2D eigenvalue weighted by atomic mass is 10.1. The van der Waals surface area contributed by atoms with Gasteiger partial charge in [-0.3, -0.25) is 14.8 Å². The summed E-state index contributed by atoms with van der Waals surface area (Å²) in [4.78, 5) is 22.2. The molecule has 3 heterocycles. The number of rotatable bonds is 3. The molecule has 8 nitrogen and oxygen atoms in total. The van der Waals surface area contributed by atoms with E-state index in [1.54, 1.807) is 0 Å². The zero-order valence-corrected chi connectivity index (χ0v) is 16.1. The number of ether oxygens (including phenoxy) is 1. The topological polar surface area (TPSA) is 103 Å². The summed E-state index contributed by atoms with van der Waals surface area (Å²) in [6.45, 7) is -0.528. The van der Waals surface area contributed by atoms with Gasteiger partial charge in [0.25, 0.3) is 5.91 Å². The Morgan fingerprint density at radius 2 is 1.97 bits per heavy atom. The lowest BCUT2D eigenvalue weighted by Gasteiger charge is -2.39. The van der Waals surface area contributed by atoms with Gasteiger partial charge < -0.3 is 20.3 Å². The van der Waals surface area contributed by atoms with E-state index < -0.39 is 43.0 Å². The largest absolute Gasteiger partial charge is 0.416 e. The molecule has 2 saturated heterocycles. The molecule has 0 bridgehead atoms. The van der Waals surface area contributed by atoms with Crippen molar-refractivity contribution in [1.29, 1.82) is 5.26 Å². The second kappa shape index (κ2) is 8.24. The predicted molar refractivity (Wildman–Crippen MR) is 101 cm³/mol. The maximum Gasteiger partial charge on any atom is 0.416 e. The molecule has 2 aliphatic rings. The summed E-state index contributed by atoms with van der Waals surface area (Å²) in [5.74, 6) is -0.820. The summed E-state index contributed by atoms with van der Waals surface area (Å²) in [7, 11) is 0. The van der Waals surface area contributed by atoms with Gasteiger partial charge in [-0.15, -0.1) is 0 Å². The zero-order chi connectivity index (χ0) is 22.2. The Morgan fingerprint density at radius 1 is 1.23 bits per heavy atom. The maximum absolute atomic E-state index is 13.8. The van der Waals surface area contributed by atoms with Gasteiger partial charge in [0.05, 0.1) is 30.4 Å². The van der Waals surface area contributed by atoms with Crippen molar-refractivity contribution < 1.29 is 27.1 Å². The third kappa shape index (κ3) is 4.24. The number of halogens is 4. The number of nitrogens with zero attached hydrogens (tertiary/aromatic N) is 4. The third-order valence-corrected chi connectivity index (χ3v) is 5.29. The standard InChI is InChI=1S/C19H18F4N6O2/c20-11-6-25-7-12(11)28-18(30)14-8-29(9-15(31-14)19(21,22)23)13-2-1-10(5-24)16-17(13)27-4-3-26-16/h1-4,11-12,14-15,25H,6-9H2,(H,28,30). The van der Waals surface area contributed by atoms with Gasteiger partial charge in [-0.25, -0.2) is 4.39 Å². The molecule has 2 N–H and O–H groups in total. The van der Waals surface area contributed by atoms with Crippen LogP contribution in [0.4, 0.5) is 23.2 Å². The van der Waals surface area contributed by atoms with Crippen molar-refractivity contribution in [3.63, 3.8) is 0 Å². The molecule has 0 aliphatic carbocycles. The van der Waals surface area contributed by atoms with Crippen LogP contribution in [-0.2, 0) is 9.53 Å². The average molecular weight is 438 g/mol. The SMILES string of the molecule is N#Cc1ccc(N2CC(C(=O)NC3CNCC3F)OC(C(F)(F)F)C2)c2nccnc12. The molecule has 1 amide bonds. The van der Waals surface area contributed by atoms with E-state index in [9.17, 15) is 27.6 Å². The Bertz CT molecular complexity index is 1030. The molecule has 0 spiro atoms.